The number of alkyl halides is 6. The Labute approximate surface area is 198 Å². The first-order valence-electron chi connectivity index (χ1n) is 9.60. The molecule has 0 fully saturated rings. The van der Waals surface area contributed by atoms with E-state index in [1.165, 1.54) is 7.05 Å². The molecule has 0 aliphatic rings. The van der Waals surface area contributed by atoms with E-state index in [1.54, 1.807) is 0 Å². The molecule has 1 N–H and O–H groups in total. The number of aromatic nitrogens is 4. The van der Waals surface area contributed by atoms with Crippen LogP contribution < -0.4 is 5.32 Å². The number of benzene rings is 1. The van der Waals surface area contributed by atoms with E-state index in [0.717, 1.165) is 16.4 Å². The quantitative estimate of drug-likeness (QED) is 0.203. The molecule has 0 spiro atoms. The van der Waals surface area contributed by atoms with Crippen molar-refractivity contribution in [2.75, 3.05) is 12.4 Å². The van der Waals surface area contributed by atoms with E-state index in [1.807, 2.05) is 13.8 Å². The average Bonchev–Trinajstić information content (AvgIpc) is 3.07. The Kier molecular flexibility index (Phi) is 7.30. The fourth-order valence-electron chi connectivity index (χ4n) is 3.16. The number of halogens is 8. The third-order valence-corrected chi connectivity index (χ3v) is 6.73. The predicted octanol–water partition coefficient (Wildman–Crippen LogP) is 7.48. The Morgan fingerprint density at radius 3 is 2.03 bits per heavy atom. The van der Waals surface area contributed by atoms with E-state index in [4.69, 9.17) is 23.2 Å². The highest BCUT2D eigenvalue weighted by Crippen LogP contribution is 2.42. The molecule has 0 atom stereocenters. The van der Waals surface area contributed by atoms with Crippen molar-refractivity contribution in [1.29, 1.82) is 0 Å². The van der Waals surface area contributed by atoms with Crippen LogP contribution in [0.25, 0.3) is 16.7 Å². The number of rotatable bonds is 6. The topological polar surface area (TPSA) is 55.6 Å². The second-order valence-electron chi connectivity index (χ2n) is 6.90. The first-order valence-corrected chi connectivity index (χ1v) is 11.2. The van der Waals surface area contributed by atoms with Crippen molar-refractivity contribution in [2.45, 2.75) is 49.4 Å². The van der Waals surface area contributed by atoms with Gasteiger partial charge in [0.05, 0.1) is 21.0 Å². The third-order valence-electron chi connectivity index (χ3n) is 4.76. The molecule has 0 saturated heterocycles. The van der Waals surface area contributed by atoms with Crippen LogP contribution >= 0.6 is 35.0 Å². The smallest absolute Gasteiger partial charge is 0.372 e. The number of nitrogens with zero attached hydrogens (tertiary/aromatic N) is 4. The van der Waals surface area contributed by atoms with Gasteiger partial charge in [-0.1, -0.05) is 48.8 Å². The number of hydrogen-bond donors (Lipinski definition) is 1. The Morgan fingerprint density at radius 2 is 1.58 bits per heavy atom. The molecule has 3 rings (SSSR count). The summed E-state index contributed by atoms with van der Waals surface area (Å²) in [7, 11) is 1.33. The summed E-state index contributed by atoms with van der Waals surface area (Å²) < 4.78 is 82.0. The number of hydrogen-bond acceptors (Lipinski definition) is 5. The molecule has 0 amide bonds. The number of thioether (sulfide) groups is 1. The lowest BCUT2D eigenvalue weighted by atomic mass is 10.2. The standard InChI is InChI=1S/C19H17Cl2F6N5S/c1-4-9(5-2)33-17-29-14(19(25,26)27)12-15(30-17)31-32(16(12)28-3)13-10(20)6-8(7-11(13)21)18(22,23)24/h6-7,9,28H,4-5H2,1-3H3. The molecule has 0 bridgehead atoms. The van der Waals surface area contributed by atoms with Crippen LogP contribution in [-0.4, -0.2) is 32.0 Å². The summed E-state index contributed by atoms with van der Waals surface area (Å²) in [5, 5.41) is 5.21. The molecule has 33 heavy (non-hydrogen) atoms. The minimum absolute atomic E-state index is 0.00630. The highest BCUT2D eigenvalue weighted by molar-refractivity contribution is 7.99. The number of anilines is 1. The SMILES string of the molecule is CCC(CC)Sc1nc(C(F)(F)F)c2c(NC)n(-c3c(Cl)cc(C(F)(F)F)cc3Cl)nc2n1. The molecule has 1 aromatic carbocycles. The summed E-state index contributed by atoms with van der Waals surface area (Å²) in [6.07, 6.45) is -8.19. The fraction of sp³-hybridized carbons (Fsp3) is 0.421. The first kappa shape index (κ1) is 25.7. The van der Waals surface area contributed by atoms with Crippen molar-refractivity contribution in [3.8, 4) is 5.69 Å². The molecule has 0 saturated carbocycles. The molecule has 14 heteroatoms. The van der Waals surface area contributed by atoms with Crippen LogP contribution in [0.3, 0.4) is 0 Å². The molecule has 3 aromatic rings. The first-order chi connectivity index (χ1) is 15.3. The van der Waals surface area contributed by atoms with Crippen LogP contribution in [0.15, 0.2) is 17.3 Å². The van der Waals surface area contributed by atoms with Crippen LogP contribution in [0.1, 0.15) is 37.9 Å². The van der Waals surface area contributed by atoms with E-state index >= 15 is 0 Å². The van der Waals surface area contributed by atoms with Crippen LogP contribution in [-0.2, 0) is 12.4 Å². The summed E-state index contributed by atoms with van der Waals surface area (Å²) in [4.78, 5) is 7.90. The molecule has 0 aliphatic carbocycles. The van der Waals surface area contributed by atoms with Gasteiger partial charge in [0.2, 0.25) is 0 Å². The van der Waals surface area contributed by atoms with Gasteiger partial charge in [0.1, 0.15) is 11.5 Å². The van der Waals surface area contributed by atoms with Crippen molar-refractivity contribution in [1.82, 2.24) is 19.7 Å². The van der Waals surface area contributed by atoms with E-state index in [9.17, 15) is 26.3 Å². The molecule has 0 unspecified atom stereocenters. The van der Waals surface area contributed by atoms with Gasteiger partial charge in [0, 0.05) is 12.3 Å². The van der Waals surface area contributed by atoms with Crippen molar-refractivity contribution in [3.05, 3.63) is 33.4 Å². The second kappa shape index (κ2) is 9.38. The van der Waals surface area contributed by atoms with Crippen molar-refractivity contribution in [3.63, 3.8) is 0 Å². The van der Waals surface area contributed by atoms with Crippen molar-refractivity contribution in [2.24, 2.45) is 0 Å². The maximum Gasteiger partial charge on any atom is 0.434 e. The van der Waals surface area contributed by atoms with Crippen LogP contribution in [0.4, 0.5) is 32.2 Å². The monoisotopic (exact) mass is 531 g/mol. The Hall–Kier alpha value is -1.92. The summed E-state index contributed by atoms with van der Waals surface area (Å²) in [5.41, 5.74) is -2.86. The van der Waals surface area contributed by atoms with Gasteiger partial charge in [0.25, 0.3) is 0 Å². The lowest BCUT2D eigenvalue weighted by molar-refractivity contribution is -0.140. The van der Waals surface area contributed by atoms with Crippen molar-refractivity contribution < 1.29 is 26.3 Å². The molecule has 2 heterocycles. The van der Waals surface area contributed by atoms with Gasteiger partial charge in [-0.3, -0.25) is 0 Å². The normalized spacial score (nSPS) is 12.7. The van der Waals surface area contributed by atoms with Gasteiger partial charge >= 0.3 is 12.4 Å². The summed E-state index contributed by atoms with van der Waals surface area (Å²) in [5.74, 6) is -0.222. The Balaban J connectivity index is 2.31. The van der Waals surface area contributed by atoms with E-state index in [0.29, 0.717) is 25.0 Å². The maximum absolute atomic E-state index is 13.9. The zero-order chi connectivity index (χ0) is 24.7. The summed E-state index contributed by atoms with van der Waals surface area (Å²) >= 11 is 13.2. The second-order valence-corrected chi connectivity index (χ2v) is 8.99. The van der Waals surface area contributed by atoms with Gasteiger partial charge in [-0.05, 0) is 25.0 Å². The summed E-state index contributed by atoms with van der Waals surface area (Å²) in [6.45, 7) is 3.79. The molecule has 2 aromatic heterocycles. The zero-order valence-electron chi connectivity index (χ0n) is 17.4. The molecule has 180 valence electrons. The molecular formula is C19H17Cl2F6N5S. The number of nitrogens with one attached hydrogen (secondary N) is 1. The van der Waals surface area contributed by atoms with Crippen LogP contribution in [0, 0.1) is 0 Å². The van der Waals surface area contributed by atoms with E-state index in [2.05, 4.69) is 20.4 Å². The maximum atomic E-state index is 13.9. The van der Waals surface area contributed by atoms with Gasteiger partial charge in [-0.2, -0.15) is 26.3 Å². The molecule has 5 nitrogen and oxygen atoms in total. The van der Waals surface area contributed by atoms with Crippen molar-refractivity contribution >= 4 is 51.8 Å². The largest absolute Gasteiger partial charge is 0.434 e. The highest BCUT2D eigenvalue weighted by atomic mass is 35.5. The minimum Gasteiger partial charge on any atom is -0.372 e. The Morgan fingerprint density at radius 1 is 1.00 bits per heavy atom. The highest BCUT2D eigenvalue weighted by Gasteiger charge is 2.39. The predicted molar refractivity (Wildman–Crippen MR) is 116 cm³/mol. The molecular weight excluding hydrogens is 515 g/mol. The lowest BCUT2D eigenvalue weighted by Crippen LogP contribution is -2.12. The van der Waals surface area contributed by atoms with E-state index in [-0.39, 0.29) is 27.6 Å². The molecule has 0 radical (unpaired) electrons. The third kappa shape index (κ3) is 5.12. The van der Waals surface area contributed by atoms with Gasteiger partial charge in [-0.25, -0.2) is 14.6 Å². The van der Waals surface area contributed by atoms with Gasteiger partial charge < -0.3 is 5.32 Å². The summed E-state index contributed by atoms with van der Waals surface area (Å²) in [6, 6.07) is 1.25. The van der Waals surface area contributed by atoms with Gasteiger partial charge in [-0.15, -0.1) is 5.10 Å². The minimum atomic E-state index is -4.85. The zero-order valence-corrected chi connectivity index (χ0v) is 19.7. The fourth-order valence-corrected chi connectivity index (χ4v) is 4.72. The average molecular weight is 532 g/mol. The Bertz CT molecular complexity index is 1150. The van der Waals surface area contributed by atoms with E-state index < -0.39 is 39.0 Å². The number of fused-ring (bicyclic) bond motifs is 1. The van der Waals surface area contributed by atoms with Crippen LogP contribution in [0.2, 0.25) is 10.0 Å². The lowest BCUT2D eigenvalue weighted by Gasteiger charge is -2.15. The van der Waals surface area contributed by atoms with Crippen LogP contribution in [0.5, 0.6) is 0 Å². The van der Waals surface area contributed by atoms with Gasteiger partial charge in [0.15, 0.2) is 16.5 Å². The molecule has 0 aliphatic heterocycles.